The second kappa shape index (κ2) is 6.88. The molecule has 0 saturated heterocycles. The Hall–Kier alpha value is -2.13. The first-order valence-electron chi connectivity index (χ1n) is 7.79. The molecule has 0 fully saturated rings. The second-order valence-electron chi connectivity index (χ2n) is 5.77. The van der Waals surface area contributed by atoms with Gasteiger partial charge in [-0.25, -0.2) is 14.6 Å². The molecule has 0 aromatic heterocycles. The van der Waals surface area contributed by atoms with Crippen molar-refractivity contribution >= 4 is 46.2 Å². The molecule has 138 valence electrons. The number of thioether (sulfide) groups is 2. The van der Waals surface area contributed by atoms with Crippen LogP contribution >= 0.6 is 23.5 Å². The molecule has 9 heteroatoms. The summed E-state index contributed by atoms with van der Waals surface area (Å²) in [7, 11) is 4.54. The van der Waals surface area contributed by atoms with Crippen LogP contribution in [0.15, 0.2) is 40.0 Å². The van der Waals surface area contributed by atoms with Crippen LogP contribution in [-0.2, 0) is 19.1 Å². The third kappa shape index (κ3) is 2.84. The summed E-state index contributed by atoms with van der Waals surface area (Å²) in [6.07, 6.45) is 0. The Balaban J connectivity index is 2.08. The third-order valence-electron chi connectivity index (χ3n) is 4.16. The number of hydrogen-bond donors (Lipinski definition) is 0. The molecule has 7 nitrogen and oxygen atoms in total. The zero-order valence-corrected chi connectivity index (χ0v) is 16.7. The van der Waals surface area contributed by atoms with Gasteiger partial charge in [-0.2, -0.15) is 5.10 Å². The van der Waals surface area contributed by atoms with E-state index in [4.69, 9.17) is 9.47 Å². The smallest absolute Gasteiger partial charge is 0.365 e. The number of nitrogens with zero attached hydrogens (tertiary/aromatic N) is 3. The van der Waals surface area contributed by atoms with Crippen molar-refractivity contribution in [2.75, 3.05) is 26.3 Å². The number of benzene rings is 1. The van der Waals surface area contributed by atoms with Gasteiger partial charge in [0.15, 0.2) is 0 Å². The zero-order chi connectivity index (χ0) is 19.1. The average molecular weight is 393 g/mol. The number of allylic oxidation sites excluding steroid dienone is 1. The van der Waals surface area contributed by atoms with Crippen LogP contribution in [0, 0.1) is 6.92 Å². The first kappa shape index (κ1) is 18.7. The number of carbonyl (C=O) groups excluding carboxylic acids is 2. The van der Waals surface area contributed by atoms with E-state index in [0.29, 0.717) is 4.91 Å². The topological polar surface area (TPSA) is 71.4 Å². The molecule has 1 atom stereocenters. The van der Waals surface area contributed by atoms with Crippen LogP contribution in [-0.4, -0.2) is 47.5 Å². The standard InChI is InChI=1S/C17H19N3O4S2/c1-10-7-6-8-12(9-10)20-17(26-14(18-20)16(22)24-5)19(3)11(2)13(25-17)15(21)23-4/h6-9H,1-5H3/t17-/m0/s1. The minimum Gasteiger partial charge on any atom is -0.465 e. The highest BCUT2D eigenvalue weighted by Crippen LogP contribution is 2.58. The molecule has 0 aliphatic carbocycles. The van der Waals surface area contributed by atoms with Gasteiger partial charge in [0.05, 0.1) is 19.9 Å². The Labute approximate surface area is 160 Å². The van der Waals surface area contributed by atoms with E-state index in [1.807, 2.05) is 50.1 Å². The number of aryl methyl sites for hydroxylation is 1. The number of anilines is 1. The van der Waals surface area contributed by atoms with Crippen LogP contribution in [0.4, 0.5) is 5.69 Å². The first-order chi connectivity index (χ1) is 12.3. The number of hydrogen-bond acceptors (Lipinski definition) is 9. The summed E-state index contributed by atoms with van der Waals surface area (Å²) in [6, 6.07) is 7.81. The first-order valence-corrected chi connectivity index (χ1v) is 9.42. The van der Waals surface area contributed by atoms with Gasteiger partial charge in [-0.05, 0) is 43.3 Å². The highest BCUT2D eigenvalue weighted by molar-refractivity contribution is 8.28. The highest BCUT2D eigenvalue weighted by Gasteiger charge is 2.56. The van der Waals surface area contributed by atoms with Crippen LogP contribution in [0.5, 0.6) is 0 Å². The molecule has 0 N–H and O–H groups in total. The van der Waals surface area contributed by atoms with Gasteiger partial charge in [0.25, 0.3) is 0 Å². The molecule has 2 heterocycles. The molecule has 0 radical (unpaired) electrons. The fourth-order valence-corrected chi connectivity index (χ4v) is 5.62. The maximum Gasteiger partial charge on any atom is 0.365 e. The highest BCUT2D eigenvalue weighted by atomic mass is 32.2. The molecule has 1 aromatic carbocycles. The molecule has 0 bridgehead atoms. The van der Waals surface area contributed by atoms with Crippen molar-refractivity contribution in [3.8, 4) is 0 Å². The van der Waals surface area contributed by atoms with E-state index in [0.717, 1.165) is 16.9 Å². The number of hydrazone groups is 1. The van der Waals surface area contributed by atoms with Gasteiger partial charge < -0.3 is 14.4 Å². The number of methoxy groups -OCH3 is 2. The van der Waals surface area contributed by atoms with E-state index in [-0.39, 0.29) is 5.04 Å². The fourth-order valence-electron chi connectivity index (χ4n) is 2.69. The molecule has 1 aromatic rings. The predicted octanol–water partition coefficient (Wildman–Crippen LogP) is 2.73. The molecular weight excluding hydrogens is 374 g/mol. The van der Waals surface area contributed by atoms with Gasteiger partial charge >= 0.3 is 11.9 Å². The van der Waals surface area contributed by atoms with Crippen LogP contribution in [0.3, 0.4) is 0 Å². The number of esters is 2. The second-order valence-corrected chi connectivity index (χ2v) is 8.37. The Kier molecular flexibility index (Phi) is 4.94. The van der Waals surface area contributed by atoms with Crippen LogP contribution in [0.25, 0.3) is 0 Å². The summed E-state index contributed by atoms with van der Waals surface area (Å²) in [4.78, 5) is 26.7. The lowest BCUT2D eigenvalue weighted by Crippen LogP contribution is -2.47. The SMILES string of the molecule is COC(=O)C1=NN(c2cccc(C)c2)[C@]2(S1)SC(C(=O)OC)=C(C)N2C. The van der Waals surface area contributed by atoms with Crippen LogP contribution < -0.4 is 5.01 Å². The Morgan fingerprint density at radius 2 is 1.81 bits per heavy atom. The summed E-state index contributed by atoms with van der Waals surface area (Å²) < 4.78 is 8.92. The summed E-state index contributed by atoms with van der Waals surface area (Å²) >= 11 is 2.55. The molecule has 2 aliphatic rings. The van der Waals surface area contributed by atoms with Crippen molar-refractivity contribution < 1.29 is 19.1 Å². The lowest BCUT2D eigenvalue weighted by Gasteiger charge is -2.39. The van der Waals surface area contributed by atoms with Crippen molar-refractivity contribution in [2.45, 2.75) is 18.2 Å². The summed E-state index contributed by atoms with van der Waals surface area (Å²) in [5.74, 6) is -0.921. The van der Waals surface area contributed by atoms with E-state index >= 15 is 0 Å². The lowest BCUT2D eigenvalue weighted by molar-refractivity contribution is -0.135. The largest absolute Gasteiger partial charge is 0.465 e. The maximum atomic E-state index is 12.2. The van der Waals surface area contributed by atoms with Crippen molar-refractivity contribution in [3.05, 3.63) is 40.4 Å². The van der Waals surface area contributed by atoms with Gasteiger partial charge in [0.1, 0.15) is 4.91 Å². The van der Waals surface area contributed by atoms with E-state index in [9.17, 15) is 9.59 Å². The van der Waals surface area contributed by atoms with Gasteiger partial charge in [-0.3, -0.25) is 0 Å². The van der Waals surface area contributed by atoms with Crippen molar-refractivity contribution in [1.29, 1.82) is 0 Å². The van der Waals surface area contributed by atoms with Crippen molar-refractivity contribution in [3.63, 3.8) is 0 Å². The minimum absolute atomic E-state index is 0.229. The average Bonchev–Trinajstić information content (AvgIpc) is 3.14. The molecule has 0 saturated carbocycles. The number of carbonyl (C=O) groups is 2. The molecule has 2 aliphatic heterocycles. The summed E-state index contributed by atoms with van der Waals surface area (Å²) in [6.45, 7) is 3.83. The molecule has 3 rings (SSSR count). The van der Waals surface area contributed by atoms with Crippen LogP contribution in [0.2, 0.25) is 0 Å². The number of rotatable bonds is 3. The Bertz CT molecular complexity index is 839. The summed E-state index contributed by atoms with van der Waals surface area (Å²) in [5, 5.41) is 6.49. The zero-order valence-electron chi connectivity index (χ0n) is 15.1. The fraction of sp³-hybridized carbons (Fsp3) is 0.353. The van der Waals surface area contributed by atoms with E-state index in [1.54, 1.807) is 5.01 Å². The van der Waals surface area contributed by atoms with E-state index in [1.165, 1.54) is 37.7 Å². The Morgan fingerprint density at radius 1 is 1.12 bits per heavy atom. The van der Waals surface area contributed by atoms with Crippen molar-refractivity contribution in [1.82, 2.24) is 4.90 Å². The Morgan fingerprint density at radius 3 is 2.42 bits per heavy atom. The maximum absolute atomic E-state index is 12.2. The molecule has 0 amide bonds. The molecule has 1 spiro atoms. The van der Waals surface area contributed by atoms with Gasteiger partial charge in [0.2, 0.25) is 9.37 Å². The molecule has 0 unspecified atom stereocenters. The lowest BCUT2D eigenvalue weighted by atomic mass is 10.2. The summed E-state index contributed by atoms with van der Waals surface area (Å²) in [5.41, 5.74) is 2.64. The van der Waals surface area contributed by atoms with Gasteiger partial charge in [-0.1, -0.05) is 23.9 Å². The van der Waals surface area contributed by atoms with E-state index in [2.05, 4.69) is 5.10 Å². The van der Waals surface area contributed by atoms with Crippen LogP contribution in [0.1, 0.15) is 12.5 Å². The molecular formula is C17H19N3O4S2. The minimum atomic E-state index is -0.842. The third-order valence-corrected chi connectivity index (χ3v) is 7.19. The van der Waals surface area contributed by atoms with Gasteiger partial charge in [0, 0.05) is 12.7 Å². The quantitative estimate of drug-likeness (QED) is 0.726. The normalized spacial score (nSPS) is 22.1. The van der Waals surface area contributed by atoms with Gasteiger partial charge in [-0.15, -0.1) is 0 Å². The van der Waals surface area contributed by atoms with E-state index < -0.39 is 16.3 Å². The molecule has 26 heavy (non-hydrogen) atoms. The van der Waals surface area contributed by atoms with Crippen molar-refractivity contribution in [2.24, 2.45) is 5.10 Å². The predicted molar refractivity (Wildman–Crippen MR) is 104 cm³/mol. The number of ether oxygens (including phenoxy) is 2. The monoisotopic (exact) mass is 393 g/mol.